The molecule has 1 heterocycles. The first-order valence-electron chi connectivity index (χ1n) is 7.85. The Morgan fingerprint density at radius 2 is 2.05 bits per heavy atom. The van der Waals surface area contributed by atoms with Gasteiger partial charge in [0, 0.05) is 12.6 Å². The van der Waals surface area contributed by atoms with Gasteiger partial charge in [-0.05, 0) is 44.9 Å². The number of aliphatic hydroxyl groups is 1. The Bertz CT molecular complexity index is 367. The minimum absolute atomic E-state index is 0.212. The second kappa shape index (κ2) is 8.28. The van der Waals surface area contributed by atoms with Crippen molar-refractivity contribution in [2.45, 2.75) is 51.2 Å². The lowest BCUT2D eigenvalue weighted by molar-refractivity contribution is 0.101. The summed E-state index contributed by atoms with van der Waals surface area (Å²) in [5, 5.41) is 9.66. The number of benzene rings is 1. The Hall–Kier alpha value is -1.06. The predicted molar refractivity (Wildman–Crippen MR) is 82.1 cm³/mol. The van der Waals surface area contributed by atoms with Gasteiger partial charge in [-0.15, -0.1) is 0 Å². The molecule has 1 aromatic rings. The first-order chi connectivity index (χ1) is 9.75. The van der Waals surface area contributed by atoms with E-state index in [9.17, 15) is 5.11 Å². The van der Waals surface area contributed by atoms with Crippen LogP contribution in [0.2, 0.25) is 0 Å². The number of hydrogen-bond donors (Lipinski definition) is 1. The first kappa shape index (κ1) is 15.3. The zero-order valence-corrected chi connectivity index (χ0v) is 12.5. The molecule has 2 rings (SSSR count). The SMILES string of the molecule is CC(O)CC1CCCCCN1CCOc1ccccc1. The zero-order chi connectivity index (χ0) is 14.2. The zero-order valence-electron chi connectivity index (χ0n) is 12.5. The summed E-state index contributed by atoms with van der Waals surface area (Å²) in [7, 11) is 0. The molecule has 0 spiro atoms. The van der Waals surface area contributed by atoms with Crippen LogP contribution in [0.25, 0.3) is 0 Å². The Labute approximate surface area is 122 Å². The minimum atomic E-state index is -0.212. The van der Waals surface area contributed by atoms with Gasteiger partial charge >= 0.3 is 0 Å². The van der Waals surface area contributed by atoms with Crippen molar-refractivity contribution >= 4 is 0 Å². The lowest BCUT2D eigenvalue weighted by atomic mass is 10.0. The Morgan fingerprint density at radius 1 is 1.25 bits per heavy atom. The van der Waals surface area contributed by atoms with Crippen LogP contribution in [0.5, 0.6) is 5.75 Å². The van der Waals surface area contributed by atoms with Gasteiger partial charge in [-0.25, -0.2) is 0 Å². The average molecular weight is 277 g/mol. The number of ether oxygens (including phenoxy) is 1. The molecular formula is C17H27NO2. The number of nitrogens with zero attached hydrogens (tertiary/aromatic N) is 1. The van der Waals surface area contributed by atoms with E-state index in [4.69, 9.17) is 4.74 Å². The fraction of sp³-hybridized carbons (Fsp3) is 0.647. The van der Waals surface area contributed by atoms with Crippen LogP contribution in [0.15, 0.2) is 30.3 Å². The highest BCUT2D eigenvalue weighted by Gasteiger charge is 2.22. The first-order valence-corrected chi connectivity index (χ1v) is 7.85. The number of para-hydroxylation sites is 1. The molecule has 1 aromatic carbocycles. The molecule has 1 aliphatic rings. The van der Waals surface area contributed by atoms with Crippen molar-refractivity contribution in [1.82, 2.24) is 4.90 Å². The van der Waals surface area contributed by atoms with Gasteiger partial charge in [0.2, 0.25) is 0 Å². The summed E-state index contributed by atoms with van der Waals surface area (Å²) >= 11 is 0. The monoisotopic (exact) mass is 277 g/mol. The van der Waals surface area contributed by atoms with Gasteiger partial charge in [0.15, 0.2) is 0 Å². The molecule has 1 aliphatic heterocycles. The van der Waals surface area contributed by atoms with Crippen molar-refractivity contribution in [2.75, 3.05) is 19.7 Å². The van der Waals surface area contributed by atoms with Gasteiger partial charge < -0.3 is 9.84 Å². The van der Waals surface area contributed by atoms with Gasteiger partial charge in [0.05, 0.1) is 6.10 Å². The molecule has 0 radical (unpaired) electrons. The van der Waals surface area contributed by atoms with Crippen LogP contribution in [0.1, 0.15) is 39.0 Å². The molecule has 1 N–H and O–H groups in total. The standard InChI is InChI=1S/C17H27NO2/c1-15(19)14-16-8-4-3-7-11-18(16)12-13-20-17-9-5-2-6-10-17/h2,5-6,9-10,15-16,19H,3-4,7-8,11-14H2,1H3. The number of likely N-dealkylation sites (tertiary alicyclic amines) is 1. The third-order valence-corrected chi connectivity index (χ3v) is 4.00. The minimum Gasteiger partial charge on any atom is -0.492 e. The smallest absolute Gasteiger partial charge is 0.119 e. The quantitative estimate of drug-likeness (QED) is 0.867. The molecule has 1 saturated heterocycles. The van der Waals surface area contributed by atoms with Crippen LogP contribution < -0.4 is 4.74 Å². The summed E-state index contributed by atoms with van der Waals surface area (Å²) in [6.07, 6.45) is 5.74. The number of rotatable bonds is 6. The molecular weight excluding hydrogens is 250 g/mol. The third kappa shape index (κ3) is 5.14. The molecule has 20 heavy (non-hydrogen) atoms. The van der Waals surface area contributed by atoms with Crippen LogP contribution in [0.3, 0.4) is 0 Å². The van der Waals surface area contributed by atoms with E-state index in [-0.39, 0.29) is 6.10 Å². The fourth-order valence-electron chi connectivity index (χ4n) is 2.99. The highest BCUT2D eigenvalue weighted by atomic mass is 16.5. The van der Waals surface area contributed by atoms with Crippen molar-refractivity contribution in [2.24, 2.45) is 0 Å². The molecule has 0 saturated carbocycles. The molecule has 0 aromatic heterocycles. The summed E-state index contributed by atoms with van der Waals surface area (Å²) in [6.45, 7) is 4.70. The normalized spacial score (nSPS) is 22.2. The lowest BCUT2D eigenvalue weighted by Gasteiger charge is -2.30. The van der Waals surface area contributed by atoms with Crippen LogP contribution in [-0.4, -0.2) is 41.8 Å². The van der Waals surface area contributed by atoms with E-state index >= 15 is 0 Å². The maximum Gasteiger partial charge on any atom is 0.119 e. The second-order valence-corrected chi connectivity index (χ2v) is 5.79. The van der Waals surface area contributed by atoms with Crippen molar-refractivity contribution in [3.8, 4) is 5.75 Å². The summed E-state index contributed by atoms with van der Waals surface area (Å²) in [5.41, 5.74) is 0. The van der Waals surface area contributed by atoms with Crippen molar-refractivity contribution in [3.63, 3.8) is 0 Å². The molecule has 2 atom stereocenters. The van der Waals surface area contributed by atoms with Crippen LogP contribution in [0.4, 0.5) is 0 Å². The molecule has 112 valence electrons. The van der Waals surface area contributed by atoms with Gasteiger partial charge in [-0.3, -0.25) is 4.90 Å². The van der Waals surface area contributed by atoms with Crippen LogP contribution in [0, 0.1) is 0 Å². The van der Waals surface area contributed by atoms with E-state index in [0.29, 0.717) is 6.04 Å². The molecule has 0 bridgehead atoms. The lowest BCUT2D eigenvalue weighted by Crippen LogP contribution is -2.39. The highest BCUT2D eigenvalue weighted by Crippen LogP contribution is 2.20. The maximum atomic E-state index is 9.66. The predicted octanol–water partition coefficient (Wildman–Crippen LogP) is 3.08. The molecule has 3 heteroatoms. The van der Waals surface area contributed by atoms with E-state index in [1.54, 1.807) is 0 Å². The summed E-state index contributed by atoms with van der Waals surface area (Å²) in [6, 6.07) is 10.5. The van der Waals surface area contributed by atoms with Crippen molar-refractivity contribution < 1.29 is 9.84 Å². The fourth-order valence-corrected chi connectivity index (χ4v) is 2.99. The molecule has 0 aliphatic carbocycles. The van der Waals surface area contributed by atoms with Gasteiger partial charge in [-0.2, -0.15) is 0 Å². The van der Waals surface area contributed by atoms with Crippen LogP contribution in [-0.2, 0) is 0 Å². The maximum absolute atomic E-state index is 9.66. The number of aliphatic hydroxyl groups excluding tert-OH is 1. The third-order valence-electron chi connectivity index (χ3n) is 4.00. The molecule has 2 unspecified atom stereocenters. The number of hydrogen-bond acceptors (Lipinski definition) is 3. The highest BCUT2D eigenvalue weighted by molar-refractivity contribution is 5.20. The van der Waals surface area contributed by atoms with E-state index in [1.807, 2.05) is 37.3 Å². The van der Waals surface area contributed by atoms with E-state index in [1.165, 1.54) is 25.7 Å². The average Bonchev–Trinajstić information content (AvgIpc) is 2.65. The molecule has 1 fully saturated rings. The van der Waals surface area contributed by atoms with Gasteiger partial charge in [0.1, 0.15) is 12.4 Å². The largest absolute Gasteiger partial charge is 0.492 e. The van der Waals surface area contributed by atoms with E-state index in [0.717, 1.165) is 31.9 Å². The van der Waals surface area contributed by atoms with E-state index in [2.05, 4.69) is 4.90 Å². The molecule has 3 nitrogen and oxygen atoms in total. The Kier molecular flexibility index (Phi) is 6.34. The van der Waals surface area contributed by atoms with Crippen molar-refractivity contribution in [3.05, 3.63) is 30.3 Å². The van der Waals surface area contributed by atoms with E-state index < -0.39 is 0 Å². The van der Waals surface area contributed by atoms with Crippen LogP contribution >= 0.6 is 0 Å². The van der Waals surface area contributed by atoms with Crippen molar-refractivity contribution in [1.29, 1.82) is 0 Å². The summed E-state index contributed by atoms with van der Waals surface area (Å²) < 4.78 is 5.80. The molecule has 0 amide bonds. The Morgan fingerprint density at radius 3 is 2.80 bits per heavy atom. The summed E-state index contributed by atoms with van der Waals surface area (Å²) in [4.78, 5) is 2.50. The van der Waals surface area contributed by atoms with Gasteiger partial charge in [0.25, 0.3) is 0 Å². The summed E-state index contributed by atoms with van der Waals surface area (Å²) in [5.74, 6) is 0.939. The second-order valence-electron chi connectivity index (χ2n) is 5.79. The topological polar surface area (TPSA) is 32.7 Å². The Balaban J connectivity index is 1.81. The van der Waals surface area contributed by atoms with Gasteiger partial charge in [-0.1, -0.05) is 31.0 Å².